The fourth-order valence-corrected chi connectivity index (χ4v) is 1.52. The first-order valence-corrected chi connectivity index (χ1v) is 6.27. The second-order valence-electron chi connectivity index (χ2n) is 4.40. The third-order valence-electron chi connectivity index (χ3n) is 2.50. The molecule has 6 nitrogen and oxygen atoms in total. The SMILES string of the molecule is COCC(C)OCC(O)COc1cccc(C(=O)O)c1. The van der Waals surface area contributed by atoms with E-state index in [1.54, 1.807) is 19.2 Å². The Hall–Kier alpha value is -1.63. The van der Waals surface area contributed by atoms with Crippen LogP contribution in [0.5, 0.6) is 5.75 Å². The van der Waals surface area contributed by atoms with Gasteiger partial charge in [-0.05, 0) is 25.1 Å². The minimum atomic E-state index is -1.02. The monoisotopic (exact) mass is 284 g/mol. The highest BCUT2D eigenvalue weighted by Crippen LogP contribution is 2.13. The molecule has 112 valence electrons. The van der Waals surface area contributed by atoms with Crippen molar-refractivity contribution in [2.24, 2.45) is 0 Å². The van der Waals surface area contributed by atoms with E-state index in [1.165, 1.54) is 12.1 Å². The van der Waals surface area contributed by atoms with E-state index in [-0.39, 0.29) is 24.9 Å². The van der Waals surface area contributed by atoms with Gasteiger partial charge in [-0.1, -0.05) is 6.07 Å². The maximum atomic E-state index is 10.8. The highest BCUT2D eigenvalue weighted by atomic mass is 16.5. The summed E-state index contributed by atoms with van der Waals surface area (Å²) in [6.07, 6.45) is -0.896. The largest absolute Gasteiger partial charge is 0.491 e. The Morgan fingerprint density at radius 3 is 2.70 bits per heavy atom. The lowest BCUT2D eigenvalue weighted by molar-refractivity contribution is -0.0423. The third kappa shape index (κ3) is 6.01. The summed E-state index contributed by atoms with van der Waals surface area (Å²) >= 11 is 0. The highest BCUT2D eigenvalue weighted by Gasteiger charge is 2.10. The number of hydrogen-bond donors (Lipinski definition) is 2. The minimum Gasteiger partial charge on any atom is -0.491 e. The van der Waals surface area contributed by atoms with Crippen molar-refractivity contribution in [3.63, 3.8) is 0 Å². The molecule has 0 aromatic heterocycles. The second-order valence-corrected chi connectivity index (χ2v) is 4.40. The van der Waals surface area contributed by atoms with Crippen molar-refractivity contribution >= 4 is 5.97 Å². The molecule has 6 heteroatoms. The number of benzene rings is 1. The highest BCUT2D eigenvalue weighted by molar-refractivity contribution is 5.87. The molecule has 0 aliphatic heterocycles. The molecule has 1 aromatic carbocycles. The predicted molar refractivity (Wildman–Crippen MR) is 72.2 cm³/mol. The summed E-state index contributed by atoms with van der Waals surface area (Å²) in [5, 5.41) is 18.5. The van der Waals surface area contributed by atoms with Crippen molar-refractivity contribution in [3.05, 3.63) is 29.8 Å². The van der Waals surface area contributed by atoms with Gasteiger partial charge in [0.05, 0.1) is 24.9 Å². The van der Waals surface area contributed by atoms with Gasteiger partial charge in [0.25, 0.3) is 0 Å². The van der Waals surface area contributed by atoms with Gasteiger partial charge in [-0.2, -0.15) is 0 Å². The molecule has 1 rings (SSSR count). The molecule has 2 atom stereocenters. The topological polar surface area (TPSA) is 85.2 Å². The first-order chi connectivity index (χ1) is 9.52. The quantitative estimate of drug-likeness (QED) is 0.708. The van der Waals surface area contributed by atoms with Crippen molar-refractivity contribution in [2.75, 3.05) is 26.9 Å². The first kappa shape index (κ1) is 16.4. The van der Waals surface area contributed by atoms with E-state index >= 15 is 0 Å². The van der Waals surface area contributed by atoms with Crippen LogP contribution in [0.2, 0.25) is 0 Å². The summed E-state index contributed by atoms with van der Waals surface area (Å²) < 4.78 is 15.6. The Kier molecular flexibility index (Phi) is 7.00. The van der Waals surface area contributed by atoms with E-state index in [4.69, 9.17) is 19.3 Å². The molecule has 1 aromatic rings. The Balaban J connectivity index is 2.35. The lowest BCUT2D eigenvalue weighted by atomic mass is 10.2. The average molecular weight is 284 g/mol. The fraction of sp³-hybridized carbons (Fsp3) is 0.500. The molecular formula is C14H20O6. The molecule has 0 aliphatic rings. The molecule has 0 fully saturated rings. The van der Waals surface area contributed by atoms with Crippen LogP contribution in [0.4, 0.5) is 0 Å². The van der Waals surface area contributed by atoms with Crippen molar-refractivity contribution in [3.8, 4) is 5.75 Å². The summed E-state index contributed by atoms with van der Waals surface area (Å²) in [7, 11) is 1.58. The first-order valence-electron chi connectivity index (χ1n) is 6.27. The molecule has 0 saturated heterocycles. The van der Waals surface area contributed by atoms with Gasteiger partial charge in [0.1, 0.15) is 18.5 Å². The number of rotatable bonds is 9. The van der Waals surface area contributed by atoms with Crippen LogP contribution in [0.3, 0.4) is 0 Å². The number of aliphatic hydroxyl groups excluding tert-OH is 1. The molecule has 0 heterocycles. The number of hydrogen-bond acceptors (Lipinski definition) is 5. The number of carboxylic acids is 1. The maximum absolute atomic E-state index is 10.8. The molecule has 0 spiro atoms. The van der Waals surface area contributed by atoms with E-state index in [1.807, 2.05) is 6.92 Å². The molecule has 2 unspecified atom stereocenters. The zero-order valence-corrected chi connectivity index (χ0v) is 11.6. The molecule has 0 radical (unpaired) electrons. The summed E-state index contributed by atoms with van der Waals surface area (Å²) in [6, 6.07) is 6.10. The van der Waals surface area contributed by atoms with Crippen LogP contribution in [0.25, 0.3) is 0 Å². The van der Waals surface area contributed by atoms with Crippen LogP contribution >= 0.6 is 0 Å². The number of methoxy groups -OCH3 is 1. The fourth-order valence-electron chi connectivity index (χ4n) is 1.52. The van der Waals surface area contributed by atoms with Crippen LogP contribution in [-0.2, 0) is 9.47 Å². The number of carbonyl (C=O) groups is 1. The molecule has 2 N–H and O–H groups in total. The van der Waals surface area contributed by atoms with Crippen LogP contribution in [-0.4, -0.2) is 55.3 Å². The van der Waals surface area contributed by atoms with Crippen LogP contribution < -0.4 is 4.74 Å². The molecule has 0 aliphatic carbocycles. The van der Waals surface area contributed by atoms with Crippen LogP contribution in [0.15, 0.2) is 24.3 Å². The van der Waals surface area contributed by atoms with Gasteiger partial charge in [-0.25, -0.2) is 4.79 Å². The van der Waals surface area contributed by atoms with Crippen molar-refractivity contribution in [2.45, 2.75) is 19.1 Å². The molecule has 0 bridgehead atoms. The Morgan fingerprint density at radius 2 is 2.05 bits per heavy atom. The minimum absolute atomic E-state index is 0.0305. The zero-order chi connectivity index (χ0) is 15.0. The van der Waals surface area contributed by atoms with Gasteiger partial charge >= 0.3 is 5.97 Å². The Morgan fingerprint density at radius 1 is 1.30 bits per heavy atom. The zero-order valence-electron chi connectivity index (χ0n) is 11.6. The van der Waals surface area contributed by atoms with Crippen molar-refractivity contribution < 1.29 is 29.2 Å². The smallest absolute Gasteiger partial charge is 0.335 e. The molecule has 0 amide bonds. The van der Waals surface area contributed by atoms with E-state index in [2.05, 4.69) is 0 Å². The lowest BCUT2D eigenvalue weighted by Crippen LogP contribution is -2.27. The Bertz CT molecular complexity index is 420. The van der Waals surface area contributed by atoms with Gasteiger partial charge in [0, 0.05) is 7.11 Å². The van der Waals surface area contributed by atoms with Crippen LogP contribution in [0, 0.1) is 0 Å². The normalized spacial score (nSPS) is 13.8. The van der Waals surface area contributed by atoms with Gasteiger partial charge in [0.15, 0.2) is 0 Å². The Labute approximate surface area is 117 Å². The van der Waals surface area contributed by atoms with Gasteiger partial charge < -0.3 is 24.4 Å². The van der Waals surface area contributed by atoms with Gasteiger partial charge in [-0.3, -0.25) is 0 Å². The molecule has 20 heavy (non-hydrogen) atoms. The molecule has 0 saturated carbocycles. The summed E-state index contributed by atoms with van der Waals surface area (Å²) in [5.41, 5.74) is 0.141. The van der Waals surface area contributed by atoms with E-state index in [0.29, 0.717) is 12.4 Å². The number of aliphatic hydroxyl groups is 1. The number of carboxylic acid groups (broad SMARTS) is 1. The second kappa shape index (κ2) is 8.52. The summed E-state index contributed by atoms with van der Waals surface area (Å²) in [6.45, 7) is 2.45. The number of aromatic carboxylic acids is 1. The standard InChI is InChI=1S/C14H20O6/c1-10(7-18-2)19-8-12(15)9-20-13-5-3-4-11(6-13)14(16)17/h3-6,10,12,15H,7-9H2,1-2H3,(H,16,17). The number of ether oxygens (including phenoxy) is 3. The van der Waals surface area contributed by atoms with Crippen molar-refractivity contribution in [1.82, 2.24) is 0 Å². The van der Waals surface area contributed by atoms with Gasteiger partial charge in [-0.15, -0.1) is 0 Å². The van der Waals surface area contributed by atoms with E-state index in [9.17, 15) is 9.90 Å². The summed E-state index contributed by atoms with van der Waals surface area (Å²) in [5.74, 6) is -0.624. The van der Waals surface area contributed by atoms with Crippen molar-refractivity contribution in [1.29, 1.82) is 0 Å². The molecular weight excluding hydrogens is 264 g/mol. The van der Waals surface area contributed by atoms with Gasteiger partial charge in [0.2, 0.25) is 0 Å². The predicted octanol–water partition coefficient (Wildman–Crippen LogP) is 1.18. The van der Waals surface area contributed by atoms with E-state index in [0.717, 1.165) is 0 Å². The van der Waals surface area contributed by atoms with Crippen LogP contribution in [0.1, 0.15) is 17.3 Å². The summed E-state index contributed by atoms with van der Waals surface area (Å²) in [4.78, 5) is 10.8. The lowest BCUT2D eigenvalue weighted by Gasteiger charge is -2.16. The third-order valence-corrected chi connectivity index (χ3v) is 2.50. The van der Waals surface area contributed by atoms with E-state index < -0.39 is 12.1 Å². The average Bonchev–Trinajstić information content (AvgIpc) is 2.43. The maximum Gasteiger partial charge on any atom is 0.335 e.